The Hall–Kier alpha value is -1.80. The first-order valence-corrected chi connectivity index (χ1v) is 7.13. The fraction of sp³-hybridized carbons (Fsp3) is 0.333. The molecule has 0 aromatic heterocycles. The normalized spacial score (nSPS) is 18.6. The van der Waals surface area contributed by atoms with E-state index >= 15 is 0 Å². The van der Waals surface area contributed by atoms with E-state index in [-0.39, 0.29) is 0 Å². The molecular weight excluding hydrogens is 248 g/mol. The van der Waals surface area contributed by atoms with Crippen molar-refractivity contribution in [2.24, 2.45) is 0 Å². The van der Waals surface area contributed by atoms with Gasteiger partial charge in [-0.1, -0.05) is 43.3 Å². The van der Waals surface area contributed by atoms with Gasteiger partial charge >= 0.3 is 0 Å². The summed E-state index contributed by atoms with van der Waals surface area (Å²) in [7, 11) is 0. The zero-order valence-electron chi connectivity index (χ0n) is 12.0. The molecule has 2 atom stereocenters. The Labute approximate surface area is 120 Å². The second-order valence-corrected chi connectivity index (χ2v) is 5.45. The maximum atomic E-state index is 5.85. The fourth-order valence-corrected chi connectivity index (χ4v) is 2.53. The molecule has 2 unspecified atom stereocenters. The highest BCUT2D eigenvalue weighted by molar-refractivity contribution is 5.37. The van der Waals surface area contributed by atoms with Crippen molar-refractivity contribution in [3.05, 3.63) is 65.2 Å². The third kappa shape index (κ3) is 3.02. The number of ether oxygens (including phenoxy) is 2. The average molecular weight is 268 g/mol. The first kappa shape index (κ1) is 13.2. The zero-order chi connectivity index (χ0) is 13.9. The zero-order valence-corrected chi connectivity index (χ0v) is 12.0. The molecule has 2 aromatic carbocycles. The molecular formula is C18H20O2. The lowest BCUT2D eigenvalue weighted by Crippen LogP contribution is -2.04. The van der Waals surface area contributed by atoms with E-state index in [1.54, 1.807) is 0 Å². The van der Waals surface area contributed by atoms with E-state index in [4.69, 9.17) is 9.47 Å². The predicted molar refractivity (Wildman–Crippen MR) is 80.1 cm³/mol. The molecule has 2 heteroatoms. The molecule has 2 aromatic rings. The van der Waals surface area contributed by atoms with Gasteiger partial charge in [0.1, 0.15) is 12.4 Å². The standard InChI is InChI=1S/C18H20O2/c1-13-10-16(19-11-15-6-4-3-5-7-15)8-9-17(13)14(2)18-12-20-18/h3-10,14,18H,11-12H2,1-2H3. The summed E-state index contributed by atoms with van der Waals surface area (Å²) in [6, 6.07) is 16.6. The maximum Gasteiger partial charge on any atom is 0.120 e. The minimum absolute atomic E-state index is 0.407. The number of benzene rings is 2. The van der Waals surface area contributed by atoms with Gasteiger partial charge in [-0.2, -0.15) is 0 Å². The van der Waals surface area contributed by atoms with Gasteiger partial charge < -0.3 is 9.47 Å². The van der Waals surface area contributed by atoms with Crippen molar-refractivity contribution in [3.8, 4) is 5.75 Å². The van der Waals surface area contributed by atoms with Gasteiger partial charge in [-0.15, -0.1) is 0 Å². The Bertz CT molecular complexity index is 573. The number of hydrogen-bond acceptors (Lipinski definition) is 2. The Morgan fingerprint density at radius 2 is 1.95 bits per heavy atom. The van der Waals surface area contributed by atoms with E-state index in [0.29, 0.717) is 18.6 Å². The second-order valence-electron chi connectivity index (χ2n) is 5.45. The van der Waals surface area contributed by atoms with E-state index in [1.165, 1.54) is 16.7 Å². The summed E-state index contributed by atoms with van der Waals surface area (Å²) in [4.78, 5) is 0. The van der Waals surface area contributed by atoms with Crippen molar-refractivity contribution in [1.82, 2.24) is 0 Å². The van der Waals surface area contributed by atoms with Crippen LogP contribution >= 0.6 is 0 Å². The van der Waals surface area contributed by atoms with Gasteiger partial charge in [0, 0.05) is 5.92 Å². The minimum atomic E-state index is 0.407. The third-order valence-corrected chi connectivity index (χ3v) is 3.90. The molecule has 20 heavy (non-hydrogen) atoms. The molecule has 1 fully saturated rings. The van der Waals surface area contributed by atoms with Crippen LogP contribution in [0.1, 0.15) is 29.5 Å². The molecule has 0 amide bonds. The van der Waals surface area contributed by atoms with Gasteiger partial charge in [0.15, 0.2) is 0 Å². The highest BCUT2D eigenvalue weighted by Gasteiger charge is 2.31. The van der Waals surface area contributed by atoms with Crippen molar-refractivity contribution in [1.29, 1.82) is 0 Å². The number of epoxide rings is 1. The summed E-state index contributed by atoms with van der Waals surface area (Å²) < 4.78 is 11.2. The van der Waals surface area contributed by atoms with Crippen LogP contribution in [0.4, 0.5) is 0 Å². The molecule has 0 bridgehead atoms. The molecule has 2 nitrogen and oxygen atoms in total. The molecule has 0 radical (unpaired) electrons. The van der Waals surface area contributed by atoms with E-state index in [0.717, 1.165) is 12.4 Å². The van der Waals surface area contributed by atoms with Gasteiger partial charge in [-0.05, 0) is 35.7 Å². The van der Waals surface area contributed by atoms with Crippen LogP contribution in [0.2, 0.25) is 0 Å². The molecule has 1 aliphatic rings. The average Bonchev–Trinajstić information content (AvgIpc) is 3.30. The van der Waals surface area contributed by atoms with Crippen molar-refractivity contribution < 1.29 is 9.47 Å². The first-order chi connectivity index (χ1) is 9.74. The highest BCUT2D eigenvalue weighted by Crippen LogP contribution is 2.32. The van der Waals surface area contributed by atoms with Gasteiger partial charge in [0.05, 0.1) is 12.7 Å². The molecule has 1 heterocycles. The molecule has 3 rings (SSSR count). The summed E-state index contributed by atoms with van der Waals surface area (Å²) in [5, 5.41) is 0. The van der Waals surface area contributed by atoms with Crippen molar-refractivity contribution in [2.75, 3.05) is 6.61 Å². The topological polar surface area (TPSA) is 21.8 Å². The Balaban J connectivity index is 1.67. The van der Waals surface area contributed by atoms with E-state index in [2.05, 4.69) is 44.2 Å². The summed E-state index contributed by atoms with van der Waals surface area (Å²) in [5.74, 6) is 1.40. The van der Waals surface area contributed by atoms with Crippen LogP contribution in [0.25, 0.3) is 0 Å². The lowest BCUT2D eigenvalue weighted by molar-refractivity contribution is 0.305. The Kier molecular flexibility index (Phi) is 3.75. The second kappa shape index (κ2) is 5.68. The van der Waals surface area contributed by atoms with Crippen LogP contribution in [0.3, 0.4) is 0 Å². The SMILES string of the molecule is Cc1cc(OCc2ccccc2)ccc1C(C)C1CO1. The lowest BCUT2D eigenvalue weighted by atomic mass is 9.94. The number of hydrogen-bond donors (Lipinski definition) is 0. The quantitative estimate of drug-likeness (QED) is 0.762. The molecule has 0 N–H and O–H groups in total. The molecule has 104 valence electrons. The molecule has 0 spiro atoms. The molecule has 0 saturated carbocycles. The van der Waals surface area contributed by atoms with Crippen LogP contribution in [0.15, 0.2) is 48.5 Å². The van der Waals surface area contributed by atoms with Crippen molar-refractivity contribution in [2.45, 2.75) is 32.5 Å². The maximum absolute atomic E-state index is 5.85. The smallest absolute Gasteiger partial charge is 0.120 e. The Morgan fingerprint density at radius 3 is 2.60 bits per heavy atom. The lowest BCUT2D eigenvalue weighted by Gasteiger charge is -2.14. The van der Waals surface area contributed by atoms with Crippen LogP contribution in [-0.2, 0) is 11.3 Å². The van der Waals surface area contributed by atoms with Crippen molar-refractivity contribution in [3.63, 3.8) is 0 Å². The summed E-state index contributed by atoms with van der Waals surface area (Å²) in [6.45, 7) is 5.88. The Morgan fingerprint density at radius 1 is 1.20 bits per heavy atom. The molecule has 1 saturated heterocycles. The number of aryl methyl sites for hydroxylation is 1. The highest BCUT2D eigenvalue weighted by atomic mass is 16.6. The predicted octanol–water partition coefficient (Wildman–Crippen LogP) is 4.08. The van der Waals surface area contributed by atoms with Gasteiger partial charge in [0.25, 0.3) is 0 Å². The summed E-state index contributed by atoms with van der Waals surface area (Å²) in [5.41, 5.74) is 3.83. The minimum Gasteiger partial charge on any atom is -0.489 e. The monoisotopic (exact) mass is 268 g/mol. The van der Waals surface area contributed by atoms with E-state index in [1.807, 2.05) is 18.2 Å². The summed E-state index contributed by atoms with van der Waals surface area (Å²) >= 11 is 0. The van der Waals surface area contributed by atoms with Gasteiger partial charge in [0.2, 0.25) is 0 Å². The molecule has 1 aliphatic heterocycles. The van der Waals surface area contributed by atoms with Crippen LogP contribution in [-0.4, -0.2) is 12.7 Å². The van der Waals surface area contributed by atoms with Gasteiger partial charge in [-0.25, -0.2) is 0 Å². The number of rotatable bonds is 5. The van der Waals surface area contributed by atoms with Crippen molar-refractivity contribution >= 4 is 0 Å². The fourth-order valence-electron chi connectivity index (χ4n) is 2.53. The van der Waals surface area contributed by atoms with Gasteiger partial charge in [-0.3, -0.25) is 0 Å². The van der Waals surface area contributed by atoms with Crippen LogP contribution < -0.4 is 4.74 Å². The van der Waals surface area contributed by atoms with Crippen LogP contribution in [0.5, 0.6) is 5.75 Å². The van der Waals surface area contributed by atoms with E-state index < -0.39 is 0 Å². The van der Waals surface area contributed by atoms with E-state index in [9.17, 15) is 0 Å². The molecule has 0 aliphatic carbocycles. The third-order valence-electron chi connectivity index (χ3n) is 3.90. The van der Waals surface area contributed by atoms with Crippen LogP contribution in [0, 0.1) is 6.92 Å². The largest absolute Gasteiger partial charge is 0.489 e. The summed E-state index contributed by atoms with van der Waals surface area (Å²) in [6.07, 6.45) is 0.407. The first-order valence-electron chi connectivity index (χ1n) is 7.13.